The van der Waals surface area contributed by atoms with Gasteiger partial charge in [0.1, 0.15) is 5.82 Å². The number of rotatable bonds is 8. The molecule has 0 amide bonds. The topological polar surface area (TPSA) is 101 Å². The van der Waals surface area contributed by atoms with Crippen LogP contribution in [0.15, 0.2) is 45.1 Å². The van der Waals surface area contributed by atoms with Gasteiger partial charge in [-0.1, -0.05) is 55.4 Å². The minimum Gasteiger partial charge on any atom is -0.337 e. The second kappa shape index (κ2) is 8.97. The van der Waals surface area contributed by atoms with E-state index in [2.05, 4.69) is 34.0 Å². The third kappa shape index (κ3) is 4.36. The summed E-state index contributed by atoms with van der Waals surface area (Å²) in [5.41, 5.74) is 3.33. The molecule has 0 aliphatic heterocycles. The van der Waals surface area contributed by atoms with Crippen LogP contribution in [0.25, 0.3) is 11.2 Å². The Morgan fingerprint density at radius 1 is 1.10 bits per heavy atom. The van der Waals surface area contributed by atoms with Gasteiger partial charge in [0.2, 0.25) is 0 Å². The van der Waals surface area contributed by atoms with E-state index in [1.165, 1.54) is 17.3 Å². The van der Waals surface area contributed by atoms with Gasteiger partial charge in [0.15, 0.2) is 16.3 Å². The first-order valence-electron chi connectivity index (χ1n) is 10.4. The number of aromatic nitrogens is 6. The molecule has 8 nitrogen and oxygen atoms in total. The van der Waals surface area contributed by atoms with Gasteiger partial charge in [-0.3, -0.25) is 14.3 Å². The van der Waals surface area contributed by atoms with Crippen LogP contribution < -0.4 is 11.2 Å². The van der Waals surface area contributed by atoms with Crippen LogP contribution in [-0.2, 0) is 25.8 Å². The smallest absolute Gasteiger partial charge is 0.330 e. The van der Waals surface area contributed by atoms with Gasteiger partial charge in [-0.2, -0.15) is 0 Å². The van der Waals surface area contributed by atoms with Crippen molar-refractivity contribution in [1.29, 1.82) is 0 Å². The summed E-state index contributed by atoms with van der Waals surface area (Å²) in [5.74, 6) is 1.25. The standard InChI is InChI=1S/C22H26N6O2S/c1-4-5-11-28-19-18(20(29)26-22(28)30)27(3)17(25-19)13-31-21-23-14(2)16(24-21)12-15-9-7-6-8-10-15/h6-10H,4-5,11-13H2,1-3H3,(H,23,24)(H,26,29,30). The van der Waals surface area contributed by atoms with Crippen LogP contribution in [0, 0.1) is 6.92 Å². The highest BCUT2D eigenvalue weighted by Gasteiger charge is 2.17. The average Bonchev–Trinajstić information content (AvgIpc) is 3.26. The summed E-state index contributed by atoms with van der Waals surface area (Å²) in [7, 11) is 1.81. The second-order valence-electron chi connectivity index (χ2n) is 7.59. The Bertz CT molecular complexity index is 1320. The number of hydrogen-bond donors (Lipinski definition) is 2. The number of H-pyrrole nitrogens is 2. The second-order valence-corrected chi connectivity index (χ2v) is 8.55. The molecule has 3 aromatic heterocycles. The van der Waals surface area contributed by atoms with Crippen LogP contribution in [0.3, 0.4) is 0 Å². The van der Waals surface area contributed by atoms with Crippen molar-refractivity contribution in [3.8, 4) is 0 Å². The molecule has 0 saturated carbocycles. The molecule has 0 bridgehead atoms. The molecular weight excluding hydrogens is 412 g/mol. The van der Waals surface area contributed by atoms with Crippen molar-refractivity contribution in [2.45, 2.75) is 50.6 Å². The van der Waals surface area contributed by atoms with Crippen molar-refractivity contribution in [3.05, 3.63) is 73.9 Å². The van der Waals surface area contributed by atoms with E-state index >= 15 is 0 Å². The zero-order chi connectivity index (χ0) is 22.0. The third-order valence-corrected chi connectivity index (χ3v) is 6.23. The van der Waals surface area contributed by atoms with E-state index in [4.69, 9.17) is 4.98 Å². The van der Waals surface area contributed by atoms with Crippen LogP contribution in [0.4, 0.5) is 0 Å². The van der Waals surface area contributed by atoms with E-state index in [1.54, 1.807) is 9.13 Å². The molecule has 162 valence electrons. The minimum absolute atomic E-state index is 0.405. The predicted molar refractivity (Wildman–Crippen MR) is 123 cm³/mol. The van der Waals surface area contributed by atoms with Gasteiger partial charge in [0.25, 0.3) is 5.56 Å². The van der Waals surface area contributed by atoms with Gasteiger partial charge in [-0.05, 0) is 18.9 Å². The Labute approximate surface area is 183 Å². The fraction of sp³-hybridized carbons (Fsp3) is 0.364. The van der Waals surface area contributed by atoms with Gasteiger partial charge in [-0.15, -0.1) is 0 Å². The molecule has 1 aromatic carbocycles. The summed E-state index contributed by atoms with van der Waals surface area (Å²) in [4.78, 5) is 39.8. The number of nitrogens with zero attached hydrogens (tertiary/aromatic N) is 4. The highest BCUT2D eigenvalue weighted by atomic mass is 32.2. The number of aryl methyl sites for hydroxylation is 3. The van der Waals surface area contributed by atoms with Crippen LogP contribution in [0.1, 0.15) is 42.5 Å². The molecule has 31 heavy (non-hydrogen) atoms. The van der Waals surface area contributed by atoms with E-state index < -0.39 is 11.2 Å². The summed E-state index contributed by atoms with van der Waals surface area (Å²) in [6, 6.07) is 10.2. The number of imidazole rings is 2. The zero-order valence-electron chi connectivity index (χ0n) is 17.9. The minimum atomic E-state index is -0.407. The summed E-state index contributed by atoms with van der Waals surface area (Å²) >= 11 is 1.53. The molecule has 0 spiro atoms. The number of benzene rings is 1. The molecule has 2 N–H and O–H groups in total. The Hall–Kier alpha value is -3.07. The first-order chi connectivity index (χ1) is 15.0. The quantitative estimate of drug-likeness (QED) is 0.412. The molecule has 0 aliphatic carbocycles. The number of hydrogen-bond acceptors (Lipinski definition) is 5. The van der Waals surface area contributed by atoms with Crippen molar-refractivity contribution in [1.82, 2.24) is 29.1 Å². The fourth-order valence-corrected chi connectivity index (χ4v) is 4.50. The molecule has 4 rings (SSSR count). The Morgan fingerprint density at radius 3 is 2.61 bits per heavy atom. The summed E-state index contributed by atoms with van der Waals surface area (Å²) in [6.45, 7) is 4.62. The van der Waals surface area contributed by atoms with Crippen molar-refractivity contribution in [2.24, 2.45) is 7.05 Å². The van der Waals surface area contributed by atoms with Gasteiger partial charge in [0, 0.05) is 25.7 Å². The van der Waals surface area contributed by atoms with Crippen LogP contribution >= 0.6 is 11.8 Å². The Kier molecular flexibility index (Phi) is 6.13. The van der Waals surface area contributed by atoms with E-state index in [1.807, 2.05) is 32.2 Å². The highest BCUT2D eigenvalue weighted by molar-refractivity contribution is 7.98. The molecule has 0 fully saturated rings. The number of nitrogens with one attached hydrogen (secondary N) is 2. The van der Waals surface area contributed by atoms with Crippen molar-refractivity contribution in [2.75, 3.05) is 0 Å². The van der Waals surface area contributed by atoms with Crippen LogP contribution in [-0.4, -0.2) is 29.1 Å². The lowest BCUT2D eigenvalue weighted by Gasteiger charge is -2.04. The summed E-state index contributed by atoms with van der Waals surface area (Å²) in [6.07, 6.45) is 2.57. The van der Waals surface area contributed by atoms with Crippen molar-refractivity contribution in [3.63, 3.8) is 0 Å². The summed E-state index contributed by atoms with van der Waals surface area (Å²) in [5, 5.41) is 0.813. The molecule has 9 heteroatoms. The largest absolute Gasteiger partial charge is 0.337 e. The molecule has 0 atom stereocenters. The van der Waals surface area contributed by atoms with Crippen molar-refractivity contribution < 1.29 is 0 Å². The van der Waals surface area contributed by atoms with Crippen molar-refractivity contribution >= 4 is 22.9 Å². The lowest BCUT2D eigenvalue weighted by molar-refractivity contribution is 0.613. The first-order valence-corrected chi connectivity index (χ1v) is 11.4. The molecule has 0 unspecified atom stereocenters. The molecule has 3 heterocycles. The normalized spacial score (nSPS) is 11.5. The monoisotopic (exact) mass is 438 g/mol. The van der Waals surface area contributed by atoms with Gasteiger partial charge in [0.05, 0.1) is 11.4 Å². The molecule has 4 aromatic rings. The maximum absolute atomic E-state index is 12.4. The predicted octanol–water partition coefficient (Wildman–Crippen LogP) is 3.14. The first kappa shape index (κ1) is 21.2. The lowest BCUT2D eigenvalue weighted by Crippen LogP contribution is -2.31. The van der Waals surface area contributed by atoms with E-state index in [0.717, 1.165) is 41.6 Å². The molecule has 0 radical (unpaired) electrons. The third-order valence-electron chi connectivity index (χ3n) is 5.36. The number of aromatic amines is 2. The van der Waals surface area contributed by atoms with Gasteiger partial charge >= 0.3 is 5.69 Å². The van der Waals surface area contributed by atoms with Gasteiger partial charge in [-0.25, -0.2) is 14.8 Å². The van der Waals surface area contributed by atoms with Crippen LogP contribution in [0.5, 0.6) is 0 Å². The summed E-state index contributed by atoms with van der Waals surface area (Å²) < 4.78 is 3.33. The average molecular weight is 439 g/mol. The fourth-order valence-electron chi connectivity index (χ4n) is 3.57. The molecule has 0 aliphatic rings. The lowest BCUT2D eigenvalue weighted by atomic mass is 10.1. The molecule has 0 saturated heterocycles. The maximum atomic E-state index is 12.4. The Balaban J connectivity index is 1.58. The maximum Gasteiger partial charge on any atom is 0.330 e. The van der Waals surface area contributed by atoms with Crippen LogP contribution in [0.2, 0.25) is 0 Å². The van der Waals surface area contributed by atoms with E-state index in [9.17, 15) is 9.59 Å². The number of unbranched alkanes of at least 4 members (excludes halogenated alkanes) is 1. The number of fused-ring (bicyclic) bond motifs is 1. The van der Waals surface area contributed by atoms with Gasteiger partial charge < -0.3 is 9.55 Å². The SMILES string of the molecule is CCCCn1c(=O)[nH]c(=O)c2c1nc(CSc1nc(Cc3ccccc3)c(C)[nH]1)n2C. The highest BCUT2D eigenvalue weighted by Crippen LogP contribution is 2.23. The molecular formula is C22H26N6O2S. The Morgan fingerprint density at radius 2 is 1.87 bits per heavy atom. The number of thioether (sulfide) groups is 1. The zero-order valence-corrected chi connectivity index (χ0v) is 18.8. The van der Waals surface area contributed by atoms with E-state index in [-0.39, 0.29) is 0 Å². The van der Waals surface area contributed by atoms with E-state index in [0.29, 0.717) is 23.5 Å².